The summed E-state index contributed by atoms with van der Waals surface area (Å²) in [6, 6.07) is 36.4. The molecule has 0 radical (unpaired) electrons. The third kappa shape index (κ3) is 10.3. The summed E-state index contributed by atoms with van der Waals surface area (Å²) < 4.78 is 67.9. The molecule has 5 rings (SSSR count). The van der Waals surface area contributed by atoms with Crippen molar-refractivity contribution in [2.24, 2.45) is 5.11 Å². The second kappa shape index (κ2) is 18.1. The summed E-state index contributed by atoms with van der Waals surface area (Å²) >= 11 is 0. The van der Waals surface area contributed by atoms with Gasteiger partial charge in [0, 0.05) is 11.5 Å². The van der Waals surface area contributed by atoms with E-state index in [1.165, 1.54) is 0 Å². The summed E-state index contributed by atoms with van der Waals surface area (Å²) in [6.07, 6.45) is -3.69. The van der Waals surface area contributed by atoms with Gasteiger partial charge in [-0.3, -0.25) is 0 Å². The van der Waals surface area contributed by atoms with Crippen LogP contribution < -0.4 is 0 Å². The van der Waals surface area contributed by atoms with Crippen LogP contribution in [0.25, 0.3) is 10.4 Å². The normalized spacial score (nSPS) is 25.3. The molecule has 1 aliphatic rings. The van der Waals surface area contributed by atoms with Crippen LogP contribution in [0.4, 0.5) is 0 Å². The fourth-order valence-corrected chi connectivity index (χ4v) is 5.09. The van der Waals surface area contributed by atoms with Crippen molar-refractivity contribution in [3.05, 3.63) is 154 Å². The smallest absolute Gasteiger partial charge is 0.115 e. The molecule has 0 amide bonds. The zero-order valence-electron chi connectivity index (χ0n) is 29.0. The number of ether oxygens (including phenoxy) is 5. The maximum Gasteiger partial charge on any atom is 0.115 e. The number of hydrogen-bond donors (Lipinski definition) is 0. The molecule has 8 heteroatoms. The molecule has 1 saturated heterocycles. The van der Waals surface area contributed by atoms with Crippen LogP contribution >= 0.6 is 0 Å². The Hall–Kier alpha value is -4.01. The van der Waals surface area contributed by atoms with Crippen LogP contribution in [0.5, 0.6) is 0 Å². The molecule has 0 bridgehead atoms. The van der Waals surface area contributed by atoms with Crippen molar-refractivity contribution in [3.63, 3.8) is 0 Å². The van der Waals surface area contributed by atoms with Crippen LogP contribution in [-0.4, -0.2) is 43.7 Å². The van der Waals surface area contributed by atoms with E-state index in [4.69, 9.17) is 34.7 Å². The van der Waals surface area contributed by atoms with Gasteiger partial charge >= 0.3 is 0 Å². The first-order chi connectivity index (χ1) is 23.9. The second-order valence-corrected chi connectivity index (χ2v) is 10.6. The van der Waals surface area contributed by atoms with Crippen molar-refractivity contribution in [2.75, 3.05) is 13.2 Å². The lowest BCUT2D eigenvalue weighted by Crippen LogP contribution is -2.61. The SMILES string of the molecule is [2H]C(OC[C@H]1OC(CCCN=[N+]=[N-])[C@H](OC([2H])c2ccccc2)[C@@H](OC([2H])c2ccccc2)[C@@H]1OC([2H])c1ccccc1)c1ccccc1. The zero-order valence-corrected chi connectivity index (χ0v) is 25.0. The minimum absolute atomic E-state index is 0.0916. The molecule has 0 spiro atoms. The van der Waals surface area contributed by atoms with Gasteiger partial charge in [-0.1, -0.05) is 126 Å². The first-order valence-corrected chi connectivity index (χ1v) is 15.1. The van der Waals surface area contributed by atoms with E-state index >= 15 is 0 Å². The highest BCUT2D eigenvalue weighted by Crippen LogP contribution is 2.33. The lowest BCUT2D eigenvalue weighted by molar-refractivity contribution is -0.273. The van der Waals surface area contributed by atoms with E-state index in [0.29, 0.717) is 35.1 Å². The number of rotatable bonds is 17. The molecule has 0 N–H and O–H groups in total. The summed E-state index contributed by atoms with van der Waals surface area (Å²) in [6.45, 7) is -4.35. The Morgan fingerprint density at radius 2 is 1.02 bits per heavy atom. The Morgan fingerprint density at radius 3 is 1.49 bits per heavy atom. The zero-order chi connectivity index (χ0) is 34.4. The van der Waals surface area contributed by atoms with Gasteiger partial charge in [0.25, 0.3) is 0 Å². The van der Waals surface area contributed by atoms with Crippen molar-refractivity contribution in [2.45, 2.75) is 69.7 Å². The summed E-state index contributed by atoms with van der Waals surface area (Å²) in [4.78, 5) is 2.87. The Labute approximate surface area is 271 Å². The van der Waals surface area contributed by atoms with Gasteiger partial charge in [-0.05, 0) is 40.6 Å². The summed E-state index contributed by atoms with van der Waals surface area (Å²) in [5.74, 6) is 0. The van der Waals surface area contributed by atoms with Gasteiger partial charge < -0.3 is 23.7 Å². The molecule has 5 unspecified atom stereocenters. The number of azide groups is 1. The largest absolute Gasteiger partial charge is 0.374 e. The first-order valence-electron chi connectivity index (χ1n) is 17.4. The highest BCUT2D eigenvalue weighted by molar-refractivity contribution is 5.16. The first kappa shape index (κ1) is 27.3. The number of benzene rings is 4. The van der Waals surface area contributed by atoms with Gasteiger partial charge in [-0.25, -0.2) is 0 Å². The molecule has 4 aromatic rings. The van der Waals surface area contributed by atoms with Gasteiger partial charge in [-0.2, -0.15) is 0 Å². The van der Waals surface area contributed by atoms with E-state index in [1.807, 2.05) is 72.8 Å². The molecule has 1 aliphatic heterocycles. The van der Waals surface area contributed by atoms with Crippen molar-refractivity contribution in [1.82, 2.24) is 0 Å². The van der Waals surface area contributed by atoms with Crippen LogP contribution in [0.1, 0.15) is 40.6 Å². The van der Waals surface area contributed by atoms with Gasteiger partial charge in [0.2, 0.25) is 0 Å². The summed E-state index contributed by atoms with van der Waals surface area (Å²) in [5.41, 5.74) is 11.4. The quantitative estimate of drug-likeness (QED) is 0.0525. The topological polar surface area (TPSA) is 94.9 Å². The van der Waals surface area contributed by atoms with Crippen LogP contribution in [0.3, 0.4) is 0 Å². The third-order valence-corrected chi connectivity index (χ3v) is 7.30. The molecule has 8 nitrogen and oxygen atoms in total. The predicted octanol–water partition coefficient (Wildman–Crippen LogP) is 7.82. The van der Waals surface area contributed by atoms with Gasteiger partial charge in [0.15, 0.2) is 0 Å². The maximum atomic E-state index is 9.05. The standard InChI is InChI=1S/C37H41N3O5/c38-40-39-23-13-22-33-35(42-25-30-16-7-2-8-17-30)37(44-27-32-20-11-4-12-21-32)36(43-26-31-18-9-3-10-19-31)34(45-33)28-41-24-29-14-5-1-6-15-29/h1-12,14-21,33-37H,13,22-28H2/t33?,34-,35+,36-,37-/m1/s1/i24D,25D,26D,27D/t24?,25?,26?,27?,33?,34-,35+,36-,37-. The minimum atomic E-state index is -1.16. The van der Waals surface area contributed by atoms with E-state index in [1.54, 1.807) is 48.5 Å². The lowest BCUT2D eigenvalue weighted by Gasteiger charge is -2.46. The molecule has 0 aromatic heterocycles. The van der Waals surface area contributed by atoms with E-state index in [0.717, 1.165) is 0 Å². The Kier molecular flexibility index (Phi) is 11.0. The molecule has 1 heterocycles. The van der Waals surface area contributed by atoms with Crippen LogP contribution in [0, 0.1) is 0 Å². The molecule has 1 fully saturated rings. The molecule has 4 aromatic carbocycles. The highest BCUT2D eigenvalue weighted by Gasteiger charge is 2.48. The predicted molar refractivity (Wildman–Crippen MR) is 173 cm³/mol. The molecular weight excluding hydrogens is 566 g/mol. The fraction of sp³-hybridized carbons (Fsp3) is 0.351. The van der Waals surface area contributed by atoms with Gasteiger partial charge in [0.1, 0.15) is 24.4 Å². The van der Waals surface area contributed by atoms with Crippen molar-refractivity contribution < 1.29 is 29.2 Å². The molecule has 0 aliphatic carbocycles. The Balaban J connectivity index is 1.52. The average Bonchev–Trinajstić information content (AvgIpc) is 3.15. The maximum absolute atomic E-state index is 9.05. The van der Waals surface area contributed by atoms with Crippen molar-refractivity contribution in [3.8, 4) is 0 Å². The fourth-order valence-electron chi connectivity index (χ4n) is 5.09. The molecule has 234 valence electrons. The van der Waals surface area contributed by atoms with E-state index in [9.17, 15) is 0 Å². The molecule has 45 heavy (non-hydrogen) atoms. The monoisotopic (exact) mass is 611 g/mol. The average molecular weight is 612 g/mol. The van der Waals surface area contributed by atoms with Crippen LogP contribution in [0.2, 0.25) is 0 Å². The Bertz CT molecular complexity index is 1570. The number of nitrogens with zero attached hydrogens (tertiary/aromatic N) is 3. The highest BCUT2D eigenvalue weighted by atomic mass is 16.6. The van der Waals surface area contributed by atoms with E-state index in [-0.39, 0.29) is 13.2 Å². The van der Waals surface area contributed by atoms with Crippen LogP contribution in [-0.2, 0) is 50.0 Å². The molecular formula is C37H41N3O5. The van der Waals surface area contributed by atoms with Crippen molar-refractivity contribution in [1.29, 1.82) is 0 Å². The molecule has 0 saturated carbocycles. The van der Waals surface area contributed by atoms with Gasteiger partial charge in [0.05, 0.1) is 44.5 Å². The Morgan fingerprint density at radius 1 is 0.600 bits per heavy atom. The van der Waals surface area contributed by atoms with Gasteiger partial charge in [-0.15, -0.1) is 0 Å². The summed E-state index contributed by atoms with van der Waals surface area (Å²) in [5, 5.41) is 3.68. The third-order valence-electron chi connectivity index (χ3n) is 7.30. The second-order valence-electron chi connectivity index (χ2n) is 10.6. The lowest BCUT2D eigenvalue weighted by atomic mass is 9.91. The summed E-state index contributed by atoms with van der Waals surface area (Å²) in [7, 11) is 0. The van der Waals surface area contributed by atoms with Crippen LogP contribution in [0.15, 0.2) is 126 Å². The van der Waals surface area contributed by atoms with Crippen molar-refractivity contribution >= 4 is 0 Å². The number of hydrogen-bond acceptors (Lipinski definition) is 6. The minimum Gasteiger partial charge on any atom is -0.374 e. The van der Waals surface area contributed by atoms with E-state index < -0.39 is 56.9 Å². The molecule has 9 atom stereocenters. The van der Waals surface area contributed by atoms with E-state index in [2.05, 4.69) is 10.0 Å².